The van der Waals surface area contributed by atoms with Gasteiger partial charge < -0.3 is 10.1 Å². The Bertz CT molecular complexity index is 416. The van der Waals surface area contributed by atoms with Crippen LogP contribution in [0.1, 0.15) is 30.9 Å². The molecule has 0 aromatic heterocycles. The van der Waals surface area contributed by atoms with Crippen molar-refractivity contribution >= 4 is 11.6 Å². The minimum absolute atomic E-state index is 0.0165. The first-order valence-electron chi connectivity index (χ1n) is 5.74. The highest BCUT2D eigenvalue weighted by atomic mass is 35.5. The molecule has 2 nitrogen and oxygen atoms in total. The molecular weight excluding hydrogens is 267 g/mol. The molecule has 0 spiro atoms. The molecular formula is C12H13ClF3NO. The first-order valence-corrected chi connectivity index (χ1v) is 6.12. The molecule has 1 heterocycles. The molecule has 0 aliphatic carbocycles. The molecule has 1 aliphatic rings. The third kappa shape index (κ3) is 3.53. The quantitative estimate of drug-likeness (QED) is 0.882. The van der Waals surface area contributed by atoms with Crippen LogP contribution in [0, 0.1) is 0 Å². The van der Waals surface area contributed by atoms with Gasteiger partial charge in [0.05, 0.1) is 5.02 Å². The zero-order valence-electron chi connectivity index (χ0n) is 9.56. The van der Waals surface area contributed by atoms with E-state index in [2.05, 4.69) is 10.1 Å². The third-order valence-corrected chi connectivity index (χ3v) is 3.19. The minimum Gasteiger partial charge on any atom is -0.404 e. The lowest BCUT2D eigenvalue weighted by Crippen LogP contribution is -2.26. The third-order valence-electron chi connectivity index (χ3n) is 2.89. The zero-order valence-corrected chi connectivity index (χ0v) is 10.3. The summed E-state index contributed by atoms with van der Waals surface area (Å²) in [5.74, 6) is -0.358. The molecule has 1 N–H and O–H groups in total. The van der Waals surface area contributed by atoms with Crippen LogP contribution in [0.25, 0.3) is 0 Å². The topological polar surface area (TPSA) is 21.3 Å². The number of halogens is 4. The molecule has 0 bridgehead atoms. The summed E-state index contributed by atoms with van der Waals surface area (Å²) in [6.45, 7) is 0.920. The monoisotopic (exact) mass is 279 g/mol. The molecule has 0 amide bonds. The standard InChI is InChI=1S/C12H13ClF3NO/c13-9-7-8(10-3-1-2-6-17-10)4-5-11(9)18-12(14,15)16/h4-5,7,10,17H,1-3,6H2/t10-/m1/s1. The fourth-order valence-corrected chi connectivity index (χ4v) is 2.31. The molecule has 0 saturated carbocycles. The molecule has 100 valence electrons. The highest BCUT2D eigenvalue weighted by Gasteiger charge is 2.32. The van der Waals surface area contributed by atoms with E-state index in [0.29, 0.717) is 0 Å². The first-order chi connectivity index (χ1) is 8.46. The van der Waals surface area contributed by atoms with Gasteiger partial charge in [0.2, 0.25) is 0 Å². The summed E-state index contributed by atoms with van der Waals surface area (Å²) in [4.78, 5) is 0. The summed E-state index contributed by atoms with van der Waals surface area (Å²) in [5.41, 5.74) is 0.897. The van der Waals surface area contributed by atoms with Crippen LogP contribution < -0.4 is 10.1 Å². The van der Waals surface area contributed by atoms with E-state index in [0.717, 1.165) is 31.4 Å². The summed E-state index contributed by atoms with van der Waals surface area (Å²) >= 11 is 5.80. The predicted octanol–water partition coefficient (Wildman–Crippen LogP) is 4.05. The van der Waals surface area contributed by atoms with Crippen molar-refractivity contribution in [2.45, 2.75) is 31.7 Å². The van der Waals surface area contributed by atoms with Gasteiger partial charge in [-0.15, -0.1) is 13.2 Å². The number of ether oxygens (including phenoxy) is 1. The van der Waals surface area contributed by atoms with Crippen LogP contribution in [-0.2, 0) is 0 Å². The fraction of sp³-hybridized carbons (Fsp3) is 0.500. The Kier molecular flexibility index (Phi) is 4.02. The van der Waals surface area contributed by atoms with Gasteiger partial charge in [-0.3, -0.25) is 0 Å². The summed E-state index contributed by atoms with van der Waals surface area (Å²) in [6, 6.07) is 4.58. The van der Waals surface area contributed by atoms with Crippen molar-refractivity contribution in [1.29, 1.82) is 0 Å². The van der Waals surface area contributed by atoms with E-state index in [9.17, 15) is 13.2 Å². The van der Waals surface area contributed by atoms with E-state index in [1.807, 2.05) is 0 Å². The van der Waals surface area contributed by atoms with Crippen LogP contribution in [0.4, 0.5) is 13.2 Å². The fourth-order valence-electron chi connectivity index (χ4n) is 2.08. The molecule has 1 aliphatic heterocycles. The maximum Gasteiger partial charge on any atom is 0.573 e. The molecule has 0 radical (unpaired) electrons. The summed E-state index contributed by atoms with van der Waals surface area (Å²) in [6.07, 6.45) is -1.51. The average Bonchev–Trinajstić information content (AvgIpc) is 2.31. The normalized spacial score (nSPS) is 20.8. The van der Waals surface area contributed by atoms with Gasteiger partial charge in [0.15, 0.2) is 0 Å². The van der Waals surface area contributed by atoms with Gasteiger partial charge >= 0.3 is 6.36 Å². The van der Waals surface area contributed by atoms with E-state index in [-0.39, 0.29) is 16.8 Å². The molecule has 1 fully saturated rings. The number of alkyl halides is 3. The van der Waals surface area contributed by atoms with Crippen LogP contribution in [0.5, 0.6) is 5.75 Å². The summed E-state index contributed by atoms with van der Waals surface area (Å²) < 4.78 is 40.1. The van der Waals surface area contributed by atoms with E-state index in [1.165, 1.54) is 12.1 Å². The van der Waals surface area contributed by atoms with Gasteiger partial charge in [0.25, 0.3) is 0 Å². The van der Waals surface area contributed by atoms with E-state index < -0.39 is 6.36 Å². The van der Waals surface area contributed by atoms with Crippen molar-refractivity contribution < 1.29 is 17.9 Å². The highest BCUT2D eigenvalue weighted by Crippen LogP contribution is 2.33. The highest BCUT2D eigenvalue weighted by molar-refractivity contribution is 6.32. The molecule has 1 aromatic carbocycles. The number of nitrogens with one attached hydrogen (secondary N) is 1. The van der Waals surface area contributed by atoms with Gasteiger partial charge in [-0.25, -0.2) is 0 Å². The molecule has 1 saturated heterocycles. The van der Waals surface area contributed by atoms with Crippen molar-refractivity contribution in [1.82, 2.24) is 5.32 Å². The lowest BCUT2D eigenvalue weighted by molar-refractivity contribution is -0.274. The molecule has 18 heavy (non-hydrogen) atoms. The lowest BCUT2D eigenvalue weighted by Gasteiger charge is -2.24. The van der Waals surface area contributed by atoms with Gasteiger partial charge in [0, 0.05) is 6.04 Å². The van der Waals surface area contributed by atoms with Crippen molar-refractivity contribution in [2.24, 2.45) is 0 Å². The Morgan fingerprint density at radius 3 is 2.61 bits per heavy atom. The maximum absolute atomic E-state index is 12.1. The number of piperidine rings is 1. The van der Waals surface area contributed by atoms with Gasteiger partial charge in [-0.2, -0.15) is 0 Å². The van der Waals surface area contributed by atoms with Crippen LogP contribution in [0.15, 0.2) is 18.2 Å². The smallest absolute Gasteiger partial charge is 0.404 e. The Morgan fingerprint density at radius 2 is 2.06 bits per heavy atom. The number of hydrogen-bond donors (Lipinski definition) is 1. The van der Waals surface area contributed by atoms with E-state index in [4.69, 9.17) is 11.6 Å². The molecule has 6 heteroatoms. The summed E-state index contributed by atoms with van der Waals surface area (Å²) in [7, 11) is 0. The van der Waals surface area contributed by atoms with Crippen molar-refractivity contribution in [3.63, 3.8) is 0 Å². The molecule has 2 rings (SSSR count). The number of rotatable bonds is 2. The molecule has 1 atom stereocenters. The van der Waals surface area contributed by atoms with Gasteiger partial charge in [0.1, 0.15) is 5.75 Å². The number of hydrogen-bond acceptors (Lipinski definition) is 2. The Labute approximate surface area is 108 Å². The molecule has 0 unspecified atom stereocenters. The van der Waals surface area contributed by atoms with E-state index >= 15 is 0 Å². The Balaban J connectivity index is 2.13. The lowest BCUT2D eigenvalue weighted by atomic mass is 9.97. The second-order valence-electron chi connectivity index (χ2n) is 4.24. The average molecular weight is 280 g/mol. The Morgan fingerprint density at radius 1 is 1.28 bits per heavy atom. The SMILES string of the molecule is FC(F)(F)Oc1ccc([C@H]2CCCCN2)cc1Cl. The van der Waals surface area contributed by atoms with Crippen molar-refractivity contribution in [2.75, 3.05) is 6.54 Å². The van der Waals surface area contributed by atoms with Crippen LogP contribution >= 0.6 is 11.6 Å². The predicted molar refractivity (Wildman–Crippen MR) is 62.7 cm³/mol. The summed E-state index contributed by atoms with van der Waals surface area (Å²) in [5, 5.41) is 3.29. The van der Waals surface area contributed by atoms with Crippen LogP contribution in [-0.4, -0.2) is 12.9 Å². The van der Waals surface area contributed by atoms with E-state index in [1.54, 1.807) is 6.07 Å². The largest absolute Gasteiger partial charge is 0.573 e. The van der Waals surface area contributed by atoms with Gasteiger partial charge in [-0.05, 0) is 37.1 Å². The molecule has 1 aromatic rings. The minimum atomic E-state index is -4.71. The maximum atomic E-state index is 12.1. The number of benzene rings is 1. The van der Waals surface area contributed by atoms with Crippen molar-refractivity contribution in [3.05, 3.63) is 28.8 Å². The van der Waals surface area contributed by atoms with Crippen LogP contribution in [0.3, 0.4) is 0 Å². The van der Waals surface area contributed by atoms with Crippen molar-refractivity contribution in [3.8, 4) is 5.75 Å². The first kappa shape index (κ1) is 13.5. The second kappa shape index (κ2) is 5.36. The zero-order chi connectivity index (χ0) is 13.2. The second-order valence-corrected chi connectivity index (χ2v) is 4.65. The van der Waals surface area contributed by atoms with Gasteiger partial charge in [-0.1, -0.05) is 24.1 Å². The Hall–Kier alpha value is -0.940. The van der Waals surface area contributed by atoms with Crippen LogP contribution in [0.2, 0.25) is 5.02 Å².